The van der Waals surface area contributed by atoms with Gasteiger partial charge >= 0.3 is 0 Å². The van der Waals surface area contributed by atoms with Crippen LogP contribution in [0.5, 0.6) is 0 Å². The zero-order valence-electron chi connectivity index (χ0n) is 16.5. The van der Waals surface area contributed by atoms with Crippen LogP contribution in [0.15, 0.2) is 67.3 Å². The van der Waals surface area contributed by atoms with Gasteiger partial charge in [-0.3, -0.25) is 9.59 Å². The van der Waals surface area contributed by atoms with Crippen molar-refractivity contribution in [1.82, 2.24) is 9.80 Å². The molecular formula is C24H28N2O2. The molecule has 2 amide bonds. The van der Waals surface area contributed by atoms with Gasteiger partial charge in [-0.05, 0) is 23.1 Å². The summed E-state index contributed by atoms with van der Waals surface area (Å²) in [6, 6.07) is 18.5. The van der Waals surface area contributed by atoms with Crippen molar-refractivity contribution in [3.63, 3.8) is 0 Å². The van der Waals surface area contributed by atoms with Crippen LogP contribution in [0.4, 0.5) is 0 Å². The zero-order chi connectivity index (χ0) is 19.9. The first-order chi connectivity index (χ1) is 13.6. The summed E-state index contributed by atoms with van der Waals surface area (Å²) in [7, 11) is 0. The van der Waals surface area contributed by atoms with Gasteiger partial charge in [-0.2, -0.15) is 0 Å². The molecule has 0 aliphatic carbocycles. The Labute approximate surface area is 167 Å². The summed E-state index contributed by atoms with van der Waals surface area (Å²) < 4.78 is 0. The van der Waals surface area contributed by atoms with E-state index in [1.54, 1.807) is 6.08 Å². The van der Waals surface area contributed by atoms with Crippen LogP contribution in [0.2, 0.25) is 0 Å². The van der Waals surface area contributed by atoms with Gasteiger partial charge in [0.2, 0.25) is 11.8 Å². The van der Waals surface area contributed by atoms with E-state index in [0.29, 0.717) is 39.0 Å². The highest BCUT2D eigenvalue weighted by Gasteiger charge is 2.31. The second-order valence-electron chi connectivity index (χ2n) is 7.19. The van der Waals surface area contributed by atoms with Crippen molar-refractivity contribution in [2.24, 2.45) is 5.92 Å². The molecule has 1 fully saturated rings. The van der Waals surface area contributed by atoms with E-state index in [4.69, 9.17) is 0 Å². The Balaban J connectivity index is 1.91. The Morgan fingerprint density at radius 3 is 2.54 bits per heavy atom. The molecule has 146 valence electrons. The van der Waals surface area contributed by atoms with Crippen molar-refractivity contribution in [3.05, 3.63) is 72.8 Å². The lowest BCUT2D eigenvalue weighted by Crippen LogP contribution is -2.38. The zero-order valence-corrected chi connectivity index (χ0v) is 16.5. The number of amides is 2. The lowest BCUT2D eigenvalue weighted by atomic mass is 9.91. The maximum absolute atomic E-state index is 13.2. The van der Waals surface area contributed by atoms with Crippen molar-refractivity contribution in [2.45, 2.75) is 19.8 Å². The van der Waals surface area contributed by atoms with Gasteiger partial charge in [0.1, 0.15) is 0 Å². The molecule has 1 unspecified atom stereocenters. The van der Waals surface area contributed by atoms with E-state index in [0.717, 1.165) is 16.7 Å². The van der Waals surface area contributed by atoms with Crippen molar-refractivity contribution in [1.29, 1.82) is 0 Å². The van der Waals surface area contributed by atoms with Crippen LogP contribution in [0, 0.1) is 5.92 Å². The van der Waals surface area contributed by atoms with E-state index in [1.165, 1.54) is 0 Å². The molecule has 0 spiro atoms. The molecule has 1 aliphatic heterocycles. The van der Waals surface area contributed by atoms with E-state index < -0.39 is 0 Å². The summed E-state index contributed by atoms with van der Waals surface area (Å²) in [5.74, 6) is -0.0356. The lowest BCUT2D eigenvalue weighted by molar-refractivity contribution is -0.134. The molecule has 1 aliphatic rings. The number of carbonyl (C=O) groups excluding carboxylic acids is 2. The summed E-state index contributed by atoms with van der Waals surface area (Å²) in [6.45, 7) is 7.79. The first-order valence-corrected chi connectivity index (χ1v) is 9.94. The molecular weight excluding hydrogens is 348 g/mol. The van der Waals surface area contributed by atoms with E-state index in [2.05, 4.69) is 30.8 Å². The molecule has 28 heavy (non-hydrogen) atoms. The van der Waals surface area contributed by atoms with E-state index >= 15 is 0 Å². The average Bonchev–Trinajstić information content (AvgIpc) is 2.89. The highest BCUT2D eigenvalue weighted by molar-refractivity contribution is 5.83. The van der Waals surface area contributed by atoms with Crippen molar-refractivity contribution < 1.29 is 9.59 Å². The number of nitrogens with zero attached hydrogens (tertiary/aromatic N) is 2. The minimum absolute atomic E-state index is 0.106. The molecule has 0 radical (unpaired) electrons. The van der Waals surface area contributed by atoms with Crippen LogP contribution in [0.1, 0.15) is 18.9 Å². The Bertz CT molecular complexity index is 832. The summed E-state index contributed by atoms with van der Waals surface area (Å²) in [5, 5.41) is 0. The molecule has 2 aromatic carbocycles. The predicted molar refractivity (Wildman–Crippen MR) is 113 cm³/mol. The van der Waals surface area contributed by atoms with Gasteiger partial charge in [0, 0.05) is 32.6 Å². The predicted octanol–water partition coefficient (Wildman–Crippen LogP) is 3.78. The first-order valence-electron chi connectivity index (χ1n) is 9.94. The second kappa shape index (κ2) is 9.36. The Kier molecular flexibility index (Phi) is 6.64. The van der Waals surface area contributed by atoms with Gasteiger partial charge in [-0.1, -0.05) is 67.6 Å². The Morgan fingerprint density at radius 1 is 1.11 bits per heavy atom. The SMILES string of the molecule is C=CCN1CCN(C(=O)CC)CC(Cc2ccccc2-c2ccccc2)C1=O. The fraction of sp³-hybridized carbons (Fsp3) is 0.333. The Hall–Kier alpha value is -2.88. The third-order valence-electron chi connectivity index (χ3n) is 5.31. The van der Waals surface area contributed by atoms with Crippen LogP contribution in [0.25, 0.3) is 11.1 Å². The molecule has 1 heterocycles. The van der Waals surface area contributed by atoms with Gasteiger partial charge in [0.15, 0.2) is 0 Å². The summed E-state index contributed by atoms with van der Waals surface area (Å²) in [4.78, 5) is 29.2. The van der Waals surface area contributed by atoms with Crippen LogP contribution >= 0.6 is 0 Å². The molecule has 3 rings (SSSR count). The highest BCUT2D eigenvalue weighted by Crippen LogP contribution is 2.27. The highest BCUT2D eigenvalue weighted by atomic mass is 16.2. The lowest BCUT2D eigenvalue weighted by Gasteiger charge is -2.24. The largest absolute Gasteiger partial charge is 0.340 e. The molecule has 4 nitrogen and oxygen atoms in total. The fourth-order valence-corrected chi connectivity index (χ4v) is 3.85. The summed E-state index contributed by atoms with van der Waals surface area (Å²) in [5.41, 5.74) is 3.42. The van der Waals surface area contributed by atoms with Gasteiger partial charge in [0.25, 0.3) is 0 Å². The normalized spacial score (nSPS) is 17.3. The average molecular weight is 377 g/mol. The third-order valence-corrected chi connectivity index (χ3v) is 5.31. The molecule has 1 atom stereocenters. The van der Waals surface area contributed by atoms with Gasteiger partial charge in [0.05, 0.1) is 5.92 Å². The topological polar surface area (TPSA) is 40.6 Å². The summed E-state index contributed by atoms with van der Waals surface area (Å²) >= 11 is 0. The van der Waals surface area contributed by atoms with Crippen molar-refractivity contribution in [3.8, 4) is 11.1 Å². The van der Waals surface area contributed by atoms with E-state index in [1.807, 2.05) is 47.1 Å². The number of rotatable bonds is 6. The standard InChI is InChI=1S/C24H28N2O2/c1-3-14-25-15-16-26(23(27)4-2)18-21(24(25)28)17-20-12-8-9-13-22(20)19-10-6-5-7-11-19/h3,5-13,21H,1,4,14-18H2,2H3. The molecule has 0 N–H and O–H groups in total. The van der Waals surface area contributed by atoms with Crippen LogP contribution in [0.3, 0.4) is 0 Å². The Morgan fingerprint density at radius 2 is 1.82 bits per heavy atom. The number of benzene rings is 2. The molecule has 0 bridgehead atoms. The number of hydrogen-bond donors (Lipinski definition) is 0. The maximum Gasteiger partial charge on any atom is 0.228 e. The minimum atomic E-state index is -0.247. The van der Waals surface area contributed by atoms with Gasteiger partial charge in [-0.15, -0.1) is 6.58 Å². The van der Waals surface area contributed by atoms with Gasteiger partial charge < -0.3 is 9.80 Å². The quantitative estimate of drug-likeness (QED) is 0.720. The number of carbonyl (C=O) groups is 2. The molecule has 4 heteroatoms. The molecule has 2 aromatic rings. The molecule has 0 saturated carbocycles. The molecule has 0 aromatic heterocycles. The van der Waals surface area contributed by atoms with Crippen LogP contribution < -0.4 is 0 Å². The maximum atomic E-state index is 13.2. The van der Waals surface area contributed by atoms with Crippen LogP contribution in [-0.4, -0.2) is 47.8 Å². The van der Waals surface area contributed by atoms with E-state index in [-0.39, 0.29) is 17.7 Å². The second-order valence-corrected chi connectivity index (χ2v) is 7.19. The first kappa shape index (κ1) is 19.9. The fourth-order valence-electron chi connectivity index (χ4n) is 3.85. The van der Waals surface area contributed by atoms with E-state index in [9.17, 15) is 9.59 Å². The monoisotopic (exact) mass is 376 g/mol. The van der Waals surface area contributed by atoms with Gasteiger partial charge in [-0.25, -0.2) is 0 Å². The summed E-state index contributed by atoms with van der Waals surface area (Å²) in [6.07, 6.45) is 2.83. The van der Waals surface area contributed by atoms with Crippen LogP contribution in [-0.2, 0) is 16.0 Å². The number of hydrogen-bond acceptors (Lipinski definition) is 2. The minimum Gasteiger partial charge on any atom is -0.340 e. The smallest absolute Gasteiger partial charge is 0.228 e. The van der Waals surface area contributed by atoms with Crippen molar-refractivity contribution in [2.75, 3.05) is 26.2 Å². The van der Waals surface area contributed by atoms with Crippen molar-refractivity contribution >= 4 is 11.8 Å². The molecule has 1 saturated heterocycles. The third kappa shape index (κ3) is 4.50.